The highest BCUT2D eigenvalue weighted by Gasteiger charge is 2.22. The second kappa shape index (κ2) is 7.63. The molecule has 0 fully saturated rings. The summed E-state index contributed by atoms with van der Waals surface area (Å²) in [7, 11) is 1.67. The Kier molecular flexibility index (Phi) is 4.67. The molecule has 0 radical (unpaired) electrons. The highest BCUT2D eigenvalue weighted by atomic mass is 16.5. The number of imidazole rings is 1. The second-order valence-corrected chi connectivity index (χ2v) is 7.55. The van der Waals surface area contributed by atoms with Gasteiger partial charge < -0.3 is 14.6 Å². The van der Waals surface area contributed by atoms with Gasteiger partial charge in [-0.1, -0.05) is 30.3 Å². The number of nitrogens with one attached hydrogen (secondary N) is 1. The van der Waals surface area contributed by atoms with Gasteiger partial charge in [0.1, 0.15) is 11.6 Å². The van der Waals surface area contributed by atoms with E-state index in [1.807, 2.05) is 48.0 Å². The predicted molar refractivity (Wildman–Crippen MR) is 117 cm³/mol. The molecular weight excluding hydrogens is 374 g/mol. The topological polar surface area (TPSA) is 64.9 Å². The number of aryl methyl sites for hydroxylation is 2. The van der Waals surface area contributed by atoms with Gasteiger partial charge in [0.25, 0.3) is 0 Å². The van der Waals surface area contributed by atoms with E-state index in [0.29, 0.717) is 6.04 Å². The van der Waals surface area contributed by atoms with E-state index in [1.165, 1.54) is 11.1 Å². The highest BCUT2D eigenvalue weighted by Crippen LogP contribution is 2.33. The van der Waals surface area contributed by atoms with Gasteiger partial charge in [0.05, 0.1) is 36.6 Å². The molecule has 5 rings (SSSR count). The van der Waals surface area contributed by atoms with E-state index in [4.69, 9.17) is 4.74 Å². The maximum absolute atomic E-state index is 5.61. The van der Waals surface area contributed by atoms with E-state index in [9.17, 15) is 0 Å². The van der Waals surface area contributed by atoms with Crippen LogP contribution in [0.5, 0.6) is 5.75 Å². The number of hydrogen-bond donors (Lipinski definition) is 1. The van der Waals surface area contributed by atoms with Crippen molar-refractivity contribution in [2.75, 3.05) is 12.4 Å². The van der Waals surface area contributed by atoms with Gasteiger partial charge in [-0.05, 0) is 55.2 Å². The third-order valence-electron chi connectivity index (χ3n) is 5.58. The number of fused-ring (bicyclic) bond motifs is 1. The quantitative estimate of drug-likeness (QED) is 0.527. The minimum absolute atomic E-state index is 0.291. The van der Waals surface area contributed by atoms with Crippen molar-refractivity contribution >= 4 is 5.82 Å². The fourth-order valence-corrected chi connectivity index (χ4v) is 4.05. The second-order valence-electron chi connectivity index (χ2n) is 7.55. The van der Waals surface area contributed by atoms with Gasteiger partial charge in [-0.15, -0.1) is 10.2 Å². The Bertz CT molecular complexity index is 1180. The van der Waals surface area contributed by atoms with Crippen molar-refractivity contribution in [1.82, 2.24) is 19.7 Å². The summed E-state index contributed by atoms with van der Waals surface area (Å²) in [6, 6.07) is 18.9. The van der Waals surface area contributed by atoms with Crippen LogP contribution in [-0.2, 0) is 6.42 Å². The number of methoxy groups -OCH3 is 1. The maximum atomic E-state index is 5.61. The van der Waals surface area contributed by atoms with Gasteiger partial charge in [0.15, 0.2) is 0 Å². The lowest BCUT2D eigenvalue weighted by molar-refractivity contribution is 0.413. The monoisotopic (exact) mass is 397 g/mol. The van der Waals surface area contributed by atoms with Gasteiger partial charge in [-0.3, -0.25) is 0 Å². The van der Waals surface area contributed by atoms with Gasteiger partial charge in [-0.25, -0.2) is 4.98 Å². The van der Waals surface area contributed by atoms with Crippen molar-refractivity contribution in [2.45, 2.75) is 25.8 Å². The summed E-state index contributed by atoms with van der Waals surface area (Å²) in [6.45, 7) is 1.96. The molecule has 0 saturated heterocycles. The maximum Gasteiger partial charge on any atom is 0.149 e. The molecule has 6 nitrogen and oxygen atoms in total. The van der Waals surface area contributed by atoms with E-state index < -0.39 is 0 Å². The average Bonchev–Trinajstić information content (AvgIpc) is 3.40. The van der Waals surface area contributed by atoms with Gasteiger partial charge in [-0.2, -0.15) is 0 Å². The van der Waals surface area contributed by atoms with Crippen molar-refractivity contribution < 1.29 is 4.74 Å². The molecule has 0 aliphatic heterocycles. The minimum atomic E-state index is 0.291. The molecular formula is C24H23N5O. The molecule has 2 heterocycles. The Morgan fingerprint density at radius 2 is 1.97 bits per heavy atom. The molecule has 0 spiro atoms. The molecule has 6 heteroatoms. The Labute approximate surface area is 175 Å². The molecule has 1 aliphatic rings. The first-order chi connectivity index (χ1) is 14.7. The number of hydrogen-bond acceptors (Lipinski definition) is 5. The summed E-state index contributed by atoms with van der Waals surface area (Å²) in [6.07, 6.45) is 5.93. The fraction of sp³-hybridized carbons (Fsp3) is 0.208. The van der Waals surface area contributed by atoms with Crippen molar-refractivity contribution in [2.24, 2.45) is 0 Å². The molecule has 2 aromatic heterocycles. The van der Waals surface area contributed by atoms with Crippen LogP contribution >= 0.6 is 0 Å². The van der Waals surface area contributed by atoms with E-state index in [1.54, 1.807) is 13.4 Å². The molecule has 1 aliphatic carbocycles. The largest absolute Gasteiger partial charge is 0.495 e. The van der Waals surface area contributed by atoms with Crippen LogP contribution in [0.4, 0.5) is 5.82 Å². The summed E-state index contributed by atoms with van der Waals surface area (Å²) in [5.74, 6) is 1.55. The molecule has 1 N–H and O–H groups in total. The molecule has 0 amide bonds. The first-order valence-electron chi connectivity index (χ1n) is 10.1. The summed E-state index contributed by atoms with van der Waals surface area (Å²) in [4.78, 5) is 4.29. The van der Waals surface area contributed by atoms with Crippen LogP contribution in [0.15, 0.2) is 67.1 Å². The van der Waals surface area contributed by atoms with Crippen molar-refractivity contribution in [3.63, 3.8) is 0 Å². The van der Waals surface area contributed by atoms with Crippen LogP contribution < -0.4 is 10.1 Å². The smallest absolute Gasteiger partial charge is 0.149 e. The molecule has 150 valence electrons. The third kappa shape index (κ3) is 3.41. The first-order valence-corrected chi connectivity index (χ1v) is 10.1. The third-order valence-corrected chi connectivity index (χ3v) is 5.58. The Morgan fingerprint density at radius 1 is 1.07 bits per heavy atom. The molecule has 1 unspecified atom stereocenters. The molecule has 0 bridgehead atoms. The van der Waals surface area contributed by atoms with E-state index in [-0.39, 0.29) is 0 Å². The summed E-state index contributed by atoms with van der Waals surface area (Å²) >= 11 is 0. The molecule has 0 saturated carbocycles. The SMILES string of the molecule is COc1cc(-c2ccc(NC3CCc4ccccc43)nn2)ccc1-n1cnc(C)c1. The molecule has 2 aromatic carbocycles. The van der Waals surface area contributed by atoms with Crippen molar-refractivity contribution in [3.05, 3.63) is 83.9 Å². The van der Waals surface area contributed by atoms with Gasteiger partial charge >= 0.3 is 0 Å². The van der Waals surface area contributed by atoms with E-state index in [0.717, 1.165) is 47.0 Å². The first kappa shape index (κ1) is 18.4. The molecule has 30 heavy (non-hydrogen) atoms. The van der Waals surface area contributed by atoms with Crippen LogP contribution in [0.1, 0.15) is 29.3 Å². The fourth-order valence-electron chi connectivity index (χ4n) is 4.05. The molecule has 4 aromatic rings. The van der Waals surface area contributed by atoms with E-state index >= 15 is 0 Å². The van der Waals surface area contributed by atoms with E-state index in [2.05, 4.69) is 44.8 Å². The molecule has 1 atom stereocenters. The summed E-state index contributed by atoms with van der Waals surface area (Å²) in [5, 5.41) is 12.4. The zero-order valence-electron chi connectivity index (χ0n) is 17.0. The van der Waals surface area contributed by atoms with Crippen LogP contribution in [0.3, 0.4) is 0 Å². The van der Waals surface area contributed by atoms with Crippen molar-refractivity contribution in [3.8, 4) is 22.7 Å². The van der Waals surface area contributed by atoms with Crippen LogP contribution in [0.25, 0.3) is 16.9 Å². The zero-order chi connectivity index (χ0) is 20.5. The summed E-state index contributed by atoms with van der Waals surface area (Å²) in [5.41, 5.74) is 6.43. The standard InChI is InChI=1S/C24H23N5O/c1-16-14-29(15-25-16)22-11-8-18(13-23(22)30-2)20-10-12-24(28-27-20)26-21-9-7-17-5-3-4-6-19(17)21/h3-6,8,10-15,21H,7,9H2,1-2H3,(H,26,28). The van der Waals surface area contributed by atoms with Crippen LogP contribution in [0.2, 0.25) is 0 Å². The number of benzene rings is 2. The number of ether oxygens (including phenoxy) is 1. The lowest BCUT2D eigenvalue weighted by Gasteiger charge is -2.15. The Hall–Kier alpha value is -3.67. The Morgan fingerprint density at radius 3 is 2.73 bits per heavy atom. The summed E-state index contributed by atoms with van der Waals surface area (Å²) < 4.78 is 7.56. The minimum Gasteiger partial charge on any atom is -0.495 e. The van der Waals surface area contributed by atoms with Crippen molar-refractivity contribution in [1.29, 1.82) is 0 Å². The van der Waals surface area contributed by atoms with Gasteiger partial charge in [0.2, 0.25) is 0 Å². The number of anilines is 1. The van der Waals surface area contributed by atoms with Gasteiger partial charge in [0, 0.05) is 11.8 Å². The highest BCUT2D eigenvalue weighted by molar-refractivity contribution is 5.65. The lowest BCUT2D eigenvalue weighted by Crippen LogP contribution is -2.09. The Balaban J connectivity index is 1.37. The normalized spacial score (nSPS) is 15.1. The van der Waals surface area contributed by atoms with Crippen LogP contribution in [-0.4, -0.2) is 26.9 Å². The number of aromatic nitrogens is 4. The average molecular weight is 397 g/mol. The lowest BCUT2D eigenvalue weighted by atomic mass is 10.1. The number of rotatable bonds is 5. The zero-order valence-corrected chi connectivity index (χ0v) is 17.0. The predicted octanol–water partition coefficient (Wildman–Crippen LogP) is 4.75. The number of nitrogens with zero attached hydrogens (tertiary/aromatic N) is 4. The van der Waals surface area contributed by atoms with Crippen LogP contribution in [0, 0.1) is 6.92 Å².